The van der Waals surface area contributed by atoms with E-state index in [4.69, 9.17) is 19.9 Å². The second-order valence-corrected chi connectivity index (χ2v) is 8.66. The number of imide groups is 1. The van der Waals surface area contributed by atoms with E-state index >= 15 is 0 Å². The molecule has 0 saturated carbocycles. The summed E-state index contributed by atoms with van der Waals surface area (Å²) in [6.07, 6.45) is 0. The van der Waals surface area contributed by atoms with Crippen LogP contribution >= 0.6 is 11.8 Å². The highest BCUT2D eigenvalue weighted by Crippen LogP contribution is 2.55. The molecule has 9 nitrogen and oxygen atoms in total. The Kier molecular flexibility index (Phi) is 4.55. The van der Waals surface area contributed by atoms with E-state index in [1.165, 1.54) is 26.4 Å². The number of benzene rings is 2. The van der Waals surface area contributed by atoms with Crippen molar-refractivity contribution in [1.82, 2.24) is 0 Å². The number of carbonyl (C=O) groups excluding carboxylic acids is 3. The zero-order valence-electron chi connectivity index (χ0n) is 17.0. The number of thioether (sulfide) groups is 1. The molecule has 5 rings (SSSR count). The van der Waals surface area contributed by atoms with Gasteiger partial charge in [0.25, 0.3) is 0 Å². The minimum atomic E-state index is -0.887. The Balaban J connectivity index is 1.66. The lowest BCUT2D eigenvalue weighted by atomic mass is 9.77. The Labute approximate surface area is 186 Å². The first kappa shape index (κ1) is 20.3. The highest BCUT2D eigenvalue weighted by Gasteiger charge is 2.59. The van der Waals surface area contributed by atoms with Gasteiger partial charge in [-0.05, 0) is 18.2 Å². The van der Waals surface area contributed by atoms with E-state index in [0.29, 0.717) is 17.1 Å². The minimum absolute atomic E-state index is 0.0877. The number of amides is 2. The number of esters is 1. The molecule has 3 heterocycles. The summed E-state index contributed by atoms with van der Waals surface area (Å²) in [5.41, 5.74) is 7.09. The number of methoxy groups -OCH3 is 2. The van der Waals surface area contributed by atoms with Crippen molar-refractivity contribution >= 4 is 35.2 Å². The van der Waals surface area contributed by atoms with Crippen LogP contribution < -0.4 is 24.8 Å². The van der Waals surface area contributed by atoms with Crippen molar-refractivity contribution in [2.45, 2.75) is 11.2 Å². The van der Waals surface area contributed by atoms with Crippen LogP contribution in [0.15, 0.2) is 47.0 Å². The molecule has 2 aromatic carbocycles. The SMILES string of the molecule is COc1ccc(OC)c(N2C(=O)[C@H]3[C@@H]4C(=C(N)S[C@H]3C2=O)C(=O)Oc2cc(O)ccc24)c1. The molecule has 1 saturated heterocycles. The average Bonchev–Trinajstić information content (AvgIpc) is 3.02. The van der Waals surface area contributed by atoms with Gasteiger partial charge in [-0.3, -0.25) is 9.59 Å². The van der Waals surface area contributed by atoms with Gasteiger partial charge in [0, 0.05) is 23.6 Å². The van der Waals surface area contributed by atoms with Gasteiger partial charge in [0.1, 0.15) is 28.2 Å². The van der Waals surface area contributed by atoms with Crippen LogP contribution in [-0.2, 0) is 14.4 Å². The van der Waals surface area contributed by atoms with E-state index in [1.807, 2.05) is 0 Å². The quantitative estimate of drug-likeness (QED) is 0.406. The summed E-state index contributed by atoms with van der Waals surface area (Å²) in [6.45, 7) is 0. The smallest absolute Gasteiger partial charge is 0.342 e. The third kappa shape index (κ3) is 2.76. The van der Waals surface area contributed by atoms with Gasteiger partial charge in [-0.25, -0.2) is 9.69 Å². The van der Waals surface area contributed by atoms with Crippen molar-refractivity contribution in [3.05, 3.63) is 52.6 Å². The van der Waals surface area contributed by atoms with Gasteiger partial charge in [-0.1, -0.05) is 17.8 Å². The normalized spacial score (nSPS) is 24.0. The maximum absolute atomic E-state index is 13.7. The maximum atomic E-state index is 13.7. The summed E-state index contributed by atoms with van der Waals surface area (Å²) >= 11 is 0.981. The molecule has 10 heteroatoms. The number of aromatic hydroxyl groups is 1. The molecule has 0 spiro atoms. The van der Waals surface area contributed by atoms with Crippen molar-refractivity contribution in [2.24, 2.45) is 11.7 Å². The summed E-state index contributed by atoms with van der Waals surface area (Å²) < 4.78 is 16.0. The number of anilines is 1. The van der Waals surface area contributed by atoms with Crippen molar-refractivity contribution in [2.75, 3.05) is 19.1 Å². The summed E-state index contributed by atoms with van der Waals surface area (Å²) in [5, 5.41) is 9.12. The van der Waals surface area contributed by atoms with Gasteiger partial charge < -0.3 is 25.1 Å². The number of nitrogens with two attached hydrogens (primary N) is 1. The first-order valence-corrected chi connectivity index (χ1v) is 10.5. The number of phenolic OH excluding ortho intramolecular Hbond substituents is 1. The van der Waals surface area contributed by atoms with Crippen LogP contribution in [0.5, 0.6) is 23.0 Å². The number of phenols is 1. The molecule has 164 valence electrons. The number of hydrogen-bond acceptors (Lipinski definition) is 9. The summed E-state index contributed by atoms with van der Waals surface area (Å²) in [4.78, 5) is 40.9. The Morgan fingerprint density at radius 1 is 1.06 bits per heavy atom. The molecule has 0 aliphatic carbocycles. The minimum Gasteiger partial charge on any atom is -0.508 e. The fourth-order valence-electron chi connectivity index (χ4n) is 4.45. The van der Waals surface area contributed by atoms with Crippen molar-refractivity contribution in [3.63, 3.8) is 0 Å². The van der Waals surface area contributed by atoms with E-state index in [-0.39, 0.29) is 27.8 Å². The second kappa shape index (κ2) is 7.20. The molecule has 0 bridgehead atoms. The van der Waals surface area contributed by atoms with Crippen LogP contribution in [0.4, 0.5) is 5.69 Å². The fraction of sp³-hybridized carbons (Fsp3) is 0.227. The van der Waals surface area contributed by atoms with E-state index in [2.05, 4.69) is 0 Å². The van der Waals surface area contributed by atoms with Crippen LogP contribution in [0.25, 0.3) is 0 Å². The Morgan fingerprint density at radius 3 is 2.56 bits per heavy atom. The van der Waals surface area contributed by atoms with Crippen molar-refractivity contribution < 1.29 is 33.7 Å². The first-order chi connectivity index (χ1) is 15.3. The van der Waals surface area contributed by atoms with Gasteiger partial charge in [0.2, 0.25) is 11.8 Å². The maximum Gasteiger partial charge on any atom is 0.342 e. The van der Waals surface area contributed by atoms with E-state index < -0.39 is 34.9 Å². The molecule has 3 N–H and O–H groups in total. The molecule has 1 fully saturated rings. The predicted molar refractivity (Wildman–Crippen MR) is 115 cm³/mol. The molecule has 0 radical (unpaired) electrons. The van der Waals surface area contributed by atoms with Crippen molar-refractivity contribution in [1.29, 1.82) is 0 Å². The number of rotatable bonds is 3. The Hall–Kier alpha value is -3.66. The summed E-state index contributed by atoms with van der Waals surface area (Å²) in [7, 11) is 2.92. The van der Waals surface area contributed by atoms with Crippen LogP contribution in [0, 0.1) is 5.92 Å². The Bertz CT molecular complexity index is 1220. The molecular weight excluding hydrogens is 436 g/mol. The lowest BCUT2D eigenvalue weighted by molar-refractivity contribution is -0.131. The molecule has 0 aromatic heterocycles. The topological polar surface area (TPSA) is 128 Å². The molecule has 2 amide bonds. The average molecular weight is 454 g/mol. The molecule has 3 aliphatic rings. The number of hydrogen-bond donors (Lipinski definition) is 2. The number of fused-ring (bicyclic) bond motifs is 5. The first-order valence-electron chi connectivity index (χ1n) is 9.67. The Morgan fingerprint density at radius 2 is 1.84 bits per heavy atom. The zero-order valence-corrected chi connectivity index (χ0v) is 17.8. The highest BCUT2D eigenvalue weighted by atomic mass is 32.2. The molecule has 3 atom stereocenters. The van der Waals surface area contributed by atoms with E-state index in [9.17, 15) is 19.5 Å². The van der Waals surface area contributed by atoms with Gasteiger partial charge >= 0.3 is 5.97 Å². The molecular formula is C22H18N2O7S. The van der Waals surface area contributed by atoms with Crippen LogP contribution in [0.2, 0.25) is 0 Å². The third-order valence-electron chi connectivity index (χ3n) is 5.87. The van der Waals surface area contributed by atoms with Crippen LogP contribution in [-0.4, -0.2) is 42.4 Å². The second-order valence-electron chi connectivity index (χ2n) is 7.48. The number of carbonyl (C=O) groups is 3. The monoisotopic (exact) mass is 454 g/mol. The zero-order chi connectivity index (χ0) is 22.7. The van der Waals surface area contributed by atoms with Gasteiger partial charge in [0.05, 0.1) is 36.4 Å². The molecule has 2 aromatic rings. The molecule has 3 aliphatic heterocycles. The third-order valence-corrected chi connectivity index (χ3v) is 7.09. The van der Waals surface area contributed by atoms with Crippen molar-refractivity contribution in [3.8, 4) is 23.0 Å². The summed E-state index contributed by atoms with van der Waals surface area (Å²) in [6, 6.07) is 9.14. The van der Waals surface area contributed by atoms with Crippen LogP contribution in [0.3, 0.4) is 0 Å². The van der Waals surface area contributed by atoms with Crippen LogP contribution in [0.1, 0.15) is 11.5 Å². The van der Waals surface area contributed by atoms with Gasteiger partial charge in [0.15, 0.2) is 0 Å². The fourth-order valence-corrected chi connectivity index (χ4v) is 5.69. The lowest BCUT2D eigenvalue weighted by Gasteiger charge is -2.36. The number of ether oxygens (including phenoxy) is 3. The molecule has 32 heavy (non-hydrogen) atoms. The largest absolute Gasteiger partial charge is 0.508 e. The lowest BCUT2D eigenvalue weighted by Crippen LogP contribution is -2.39. The van der Waals surface area contributed by atoms with E-state index in [1.54, 1.807) is 24.3 Å². The number of nitrogens with zero attached hydrogens (tertiary/aromatic N) is 1. The predicted octanol–water partition coefficient (Wildman–Crippen LogP) is 1.89. The standard InChI is InChI=1S/C22H18N2O7S/c1-29-10-4-6-13(30-2)12(8-10)24-20(26)16-15-11-5-3-9(25)7-14(11)31-22(28)17(15)19(23)32-18(16)21(24)27/h3-8,15-16,18,25H,23H2,1-2H3/t15-,16+,18-/m1/s1. The van der Waals surface area contributed by atoms with E-state index in [0.717, 1.165) is 16.7 Å². The van der Waals surface area contributed by atoms with Gasteiger partial charge in [-0.15, -0.1) is 0 Å². The summed E-state index contributed by atoms with van der Waals surface area (Å²) in [5.74, 6) is -2.49. The highest BCUT2D eigenvalue weighted by molar-refractivity contribution is 8.04. The van der Waals surface area contributed by atoms with Gasteiger partial charge in [-0.2, -0.15) is 0 Å². The molecule has 0 unspecified atom stereocenters.